The third kappa shape index (κ3) is 6.73. The lowest BCUT2D eigenvalue weighted by molar-refractivity contribution is 1.36. The maximum absolute atomic E-state index is 3.39. The maximum Gasteiger partial charge on any atom is 0.129 e. The molecule has 0 atom stereocenters. The molecule has 0 saturated heterocycles. The minimum absolute atomic E-state index is 1.04. The molecule has 0 unspecified atom stereocenters. The molecule has 0 radical (unpaired) electrons. The van der Waals surface area contributed by atoms with Crippen LogP contribution in [-0.4, -0.2) is 13.8 Å². The zero-order valence-corrected chi connectivity index (χ0v) is 13.8. The van der Waals surface area contributed by atoms with E-state index in [1.54, 1.807) is 0 Å². The summed E-state index contributed by atoms with van der Waals surface area (Å²) in [6, 6.07) is 8.57. The van der Waals surface area contributed by atoms with Crippen molar-refractivity contribution in [2.24, 2.45) is 0 Å². The number of rotatable bonds is 3. The van der Waals surface area contributed by atoms with E-state index in [0.717, 1.165) is 11.3 Å². The lowest BCUT2D eigenvalue weighted by Gasteiger charge is -2.03. The zero-order valence-electron chi connectivity index (χ0n) is 12.0. The number of allylic oxidation sites excluding steroid dienone is 1. The van der Waals surface area contributed by atoms with Gasteiger partial charge in [0.15, 0.2) is 0 Å². The molecule has 0 saturated carbocycles. The molecule has 18 heavy (non-hydrogen) atoms. The second-order valence-electron chi connectivity index (χ2n) is 5.62. The Bertz CT molecular complexity index is 463. The van der Waals surface area contributed by atoms with Gasteiger partial charge in [-0.1, -0.05) is 37.2 Å². The molecule has 0 nitrogen and oxygen atoms in total. The molecule has 1 aromatic carbocycles. The maximum atomic E-state index is 3.39. The van der Waals surface area contributed by atoms with Crippen molar-refractivity contribution in [1.29, 1.82) is 0 Å². The van der Waals surface area contributed by atoms with Crippen molar-refractivity contribution in [3.05, 3.63) is 41.5 Å². The summed E-state index contributed by atoms with van der Waals surface area (Å²) in [5, 5.41) is 0. The summed E-state index contributed by atoms with van der Waals surface area (Å²) in [5.74, 6) is 4.32. The van der Waals surface area contributed by atoms with Crippen LogP contribution >= 0.6 is 11.8 Å². The van der Waals surface area contributed by atoms with Crippen LogP contribution in [0.2, 0.25) is 19.6 Å². The molecule has 0 aliphatic rings. The highest BCUT2D eigenvalue weighted by Crippen LogP contribution is 2.18. The van der Waals surface area contributed by atoms with Crippen LogP contribution in [0.4, 0.5) is 0 Å². The molecule has 1 rings (SSSR count). The molecule has 0 N–H and O–H groups in total. The molecule has 0 spiro atoms. The zero-order chi connectivity index (χ0) is 13.6. The van der Waals surface area contributed by atoms with Gasteiger partial charge in [0, 0.05) is 16.2 Å². The van der Waals surface area contributed by atoms with Crippen molar-refractivity contribution < 1.29 is 0 Å². The van der Waals surface area contributed by atoms with Gasteiger partial charge in [-0.2, -0.15) is 0 Å². The number of hydrogen-bond acceptors (Lipinski definition) is 1. The van der Waals surface area contributed by atoms with E-state index in [-0.39, 0.29) is 0 Å². The summed E-state index contributed by atoms with van der Waals surface area (Å²) >= 11 is 1.87. The van der Waals surface area contributed by atoms with E-state index in [1.165, 1.54) is 10.5 Å². The Kier molecular flexibility index (Phi) is 5.78. The first-order valence-corrected chi connectivity index (χ1v) is 10.7. The summed E-state index contributed by atoms with van der Waals surface area (Å²) in [5.41, 5.74) is 5.89. The van der Waals surface area contributed by atoms with Gasteiger partial charge in [-0.25, -0.2) is 0 Å². The fourth-order valence-electron chi connectivity index (χ4n) is 1.20. The standard InChI is InChI=1S/C16H22SSi/c1-14(2)10-12-17-16-8-6-15(7-9-16)11-13-18(3,4)5/h6-10H,12H2,1-5H3. The highest BCUT2D eigenvalue weighted by Gasteiger charge is 2.07. The van der Waals surface area contributed by atoms with Gasteiger partial charge in [-0.05, 0) is 38.1 Å². The topological polar surface area (TPSA) is 0 Å². The smallest absolute Gasteiger partial charge is 0.127 e. The van der Waals surface area contributed by atoms with Crippen LogP contribution in [-0.2, 0) is 0 Å². The molecule has 0 aliphatic heterocycles. The van der Waals surface area contributed by atoms with E-state index in [2.05, 4.69) is 75.3 Å². The molecule has 2 heteroatoms. The molecular formula is C16H22SSi. The van der Waals surface area contributed by atoms with E-state index in [1.807, 2.05) is 11.8 Å². The van der Waals surface area contributed by atoms with E-state index in [9.17, 15) is 0 Å². The Morgan fingerprint density at radius 2 is 1.78 bits per heavy atom. The Balaban J connectivity index is 2.62. The quantitative estimate of drug-likeness (QED) is 0.324. The van der Waals surface area contributed by atoms with Crippen molar-refractivity contribution in [3.63, 3.8) is 0 Å². The minimum Gasteiger partial charge on any atom is -0.127 e. The van der Waals surface area contributed by atoms with E-state index in [0.29, 0.717) is 0 Å². The highest BCUT2D eigenvalue weighted by molar-refractivity contribution is 7.99. The van der Waals surface area contributed by atoms with Crippen LogP contribution in [0.1, 0.15) is 19.4 Å². The normalized spacial score (nSPS) is 10.5. The molecule has 0 bridgehead atoms. The molecule has 0 fully saturated rings. The van der Waals surface area contributed by atoms with Crippen LogP contribution in [0.5, 0.6) is 0 Å². The molecule has 0 aliphatic carbocycles. The van der Waals surface area contributed by atoms with Crippen molar-refractivity contribution in [2.75, 3.05) is 5.75 Å². The average Bonchev–Trinajstić information content (AvgIpc) is 2.26. The molecular weight excluding hydrogens is 252 g/mol. The second kappa shape index (κ2) is 6.87. The van der Waals surface area contributed by atoms with Gasteiger partial charge in [0.2, 0.25) is 0 Å². The predicted molar refractivity (Wildman–Crippen MR) is 86.8 cm³/mol. The summed E-state index contributed by atoms with van der Waals surface area (Å²) in [7, 11) is -1.26. The van der Waals surface area contributed by atoms with Crippen molar-refractivity contribution >= 4 is 19.8 Å². The van der Waals surface area contributed by atoms with Crippen LogP contribution in [0.15, 0.2) is 40.8 Å². The molecule has 1 aromatic rings. The van der Waals surface area contributed by atoms with Gasteiger partial charge in [-0.15, -0.1) is 17.3 Å². The van der Waals surface area contributed by atoms with E-state index < -0.39 is 8.07 Å². The van der Waals surface area contributed by atoms with Gasteiger partial charge in [0.05, 0.1) is 0 Å². The van der Waals surface area contributed by atoms with Crippen LogP contribution in [0, 0.1) is 11.5 Å². The first-order chi connectivity index (χ1) is 8.37. The van der Waals surface area contributed by atoms with Crippen LogP contribution in [0.3, 0.4) is 0 Å². The molecule has 0 aromatic heterocycles. The Labute approximate surface area is 117 Å². The molecule has 0 amide bonds. The van der Waals surface area contributed by atoms with Gasteiger partial charge in [0.1, 0.15) is 8.07 Å². The second-order valence-corrected chi connectivity index (χ2v) is 11.5. The molecule has 96 valence electrons. The van der Waals surface area contributed by atoms with E-state index in [4.69, 9.17) is 0 Å². The third-order valence-corrected chi connectivity index (χ3v) is 3.99. The van der Waals surface area contributed by atoms with Gasteiger partial charge < -0.3 is 0 Å². The minimum atomic E-state index is -1.26. The Morgan fingerprint density at radius 3 is 2.28 bits per heavy atom. The Hall–Kier alpha value is -0.913. The van der Waals surface area contributed by atoms with Gasteiger partial charge in [0.25, 0.3) is 0 Å². The number of thioether (sulfide) groups is 1. The lowest BCUT2D eigenvalue weighted by atomic mass is 10.2. The lowest BCUT2D eigenvalue weighted by Crippen LogP contribution is -2.16. The van der Waals surface area contributed by atoms with Gasteiger partial charge in [-0.3, -0.25) is 0 Å². The molecule has 0 heterocycles. The first-order valence-electron chi connectivity index (χ1n) is 6.26. The SMILES string of the molecule is CC(C)=CCSc1ccc(C#C[Si](C)(C)C)cc1. The van der Waals surface area contributed by atoms with Crippen LogP contribution < -0.4 is 0 Å². The third-order valence-electron chi connectivity index (χ3n) is 2.18. The summed E-state index contributed by atoms with van der Waals surface area (Å²) in [6.07, 6.45) is 2.25. The van der Waals surface area contributed by atoms with Crippen molar-refractivity contribution in [3.8, 4) is 11.5 Å². The largest absolute Gasteiger partial charge is 0.129 e. The fraction of sp³-hybridized carbons (Fsp3) is 0.375. The number of hydrogen-bond donors (Lipinski definition) is 0. The fourth-order valence-corrected chi connectivity index (χ4v) is 2.66. The van der Waals surface area contributed by atoms with E-state index >= 15 is 0 Å². The highest BCUT2D eigenvalue weighted by atomic mass is 32.2. The average molecular weight is 275 g/mol. The predicted octanol–water partition coefficient (Wildman–Crippen LogP) is 4.97. The summed E-state index contributed by atoms with van der Waals surface area (Å²) in [4.78, 5) is 1.31. The first kappa shape index (κ1) is 15.1. The van der Waals surface area contributed by atoms with Crippen molar-refractivity contribution in [1.82, 2.24) is 0 Å². The monoisotopic (exact) mass is 274 g/mol. The summed E-state index contributed by atoms with van der Waals surface area (Å²) < 4.78 is 0. The number of benzene rings is 1. The van der Waals surface area contributed by atoms with Crippen LogP contribution in [0.25, 0.3) is 0 Å². The summed E-state index contributed by atoms with van der Waals surface area (Å²) in [6.45, 7) is 11.1. The van der Waals surface area contributed by atoms with Crippen molar-refractivity contribution in [2.45, 2.75) is 38.4 Å². The Morgan fingerprint density at radius 1 is 1.17 bits per heavy atom. The van der Waals surface area contributed by atoms with Gasteiger partial charge >= 0.3 is 0 Å².